The molecule has 0 bridgehead atoms. The van der Waals surface area contributed by atoms with Crippen LogP contribution in [0.15, 0.2) is 0 Å². The second-order valence-corrected chi connectivity index (χ2v) is 4.13. The summed E-state index contributed by atoms with van der Waals surface area (Å²) in [6.45, 7) is 3.56. The normalized spacial score (nSPS) is 16.2. The minimum Gasteiger partial charge on any atom is -0.342 e. The summed E-state index contributed by atoms with van der Waals surface area (Å²) in [6.07, 6.45) is 2.73. The van der Waals surface area contributed by atoms with Crippen LogP contribution in [-0.4, -0.2) is 34.8 Å². The molecule has 1 saturated heterocycles. The Morgan fingerprint density at radius 2 is 1.92 bits per heavy atom. The molecule has 1 aliphatic rings. The molecule has 74 valence electrons. The second kappa shape index (κ2) is 5.27. The lowest BCUT2D eigenvalue weighted by atomic mass is 10.4. The van der Waals surface area contributed by atoms with E-state index in [1.54, 1.807) is 0 Å². The molecule has 13 heavy (non-hydrogen) atoms. The number of rotatable bonds is 3. The molecule has 0 saturated carbocycles. The molecule has 1 aliphatic heterocycles. The molecule has 0 aromatic rings. The Morgan fingerprint density at radius 3 is 2.46 bits per heavy atom. The Hall–Kier alpha value is -0.510. The van der Waals surface area contributed by atoms with E-state index in [4.69, 9.17) is 0 Å². The van der Waals surface area contributed by atoms with Gasteiger partial charge in [-0.3, -0.25) is 9.59 Å². The molecule has 1 rings (SSSR count). The van der Waals surface area contributed by atoms with Gasteiger partial charge in [0, 0.05) is 19.5 Å². The number of carbonyl (C=O) groups is 2. The Bertz CT molecular complexity index is 200. The lowest BCUT2D eigenvalue weighted by Crippen LogP contribution is -2.29. The van der Waals surface area contributed by atoms with Gasteiger partial charge in [0.05, 0.1) is 5.75 Å². The Labute approximate surface area is 82.9 Å². The highest BCUT2D eigenvalue weighted by Gasteiger charge is 2.18. The van der Waals surface area contributed by atoms with E-state index in [0.29, 0.717) is 12.2 Å². The fourth-order valence-corrected chi connectivity index (χ4v) is 1.97. The summed E-state index contributed by atoms with van der Waals surface area (Å²) in [5.74, 6) is 0.441. The zero-order chi connectivity index (χ0) is 9.68. The lowest BCUT2D eigenvalue weighted by molar-refractivity contribution is -0.127. The summed E-state index contributed by atoms with van der Waals surface area (Å²) < 4.78 is 0. The summed E-state index contributed by atoms with van der Waals surface area (Å²) in [6, 6.07) is 0. The number of hydrogen-bond donors (Lipinski definition) is 0. The van der Waals surface area contributed by atoms with Crippen molar-refractivity contribution in [1.29, 1.82) is 0 Å². The maximum atomic E-state index is 11.4. The van der Waals surface area contributed by atoms with Crippen molar-refractivity contribution in [3.63, 3.8) is 0 Å². The SMILES string of the molecule is CCC(=O)SCC(=O)N1CCCC1. The predicted molar refractivity (Wildman–Crippen MR) is 53.6 cm³/mol. The van der Waals surface area contributed by atoms with Crippen molar-refractivity contribution in [3.8, 4) is 0 Å². The lowest BCUT2D eigenvalue weighted by Gasteiger charge is -2.13. The standard InChI is InChI=1S/C9H15NO2S/c1-2-9(12)13-7-8(11)10-5-3-4-6-10/h2-7H2,1H3. The van der Waals surface area contributed by atoms with Crippen LogP contribution in [0.3, 0.4) is 0 Å². The maximum absolute atomic E-state index is 11.4. The Kier molecular flexibility index (Phi) is 4.28. The third-order valence-electron chi connectivity index (χ3n) is 2.10. The van der Waals surface area contributed by atoms with Gasteiger partial charge in [-0.15, -0.1) is 0 Å². The van der Waals surface area contributed by atoms with Crippen molar-refractivity contribution in [1.82, 2.24) is 4.90 Å². The number of nitrogens with zero attached hydrogens (tertiary/aromatic N) is 1. The third-order valence-corrected chi connectivity index (χ3v) is 3.11. The zero-order valence-corrected chi connectivity index (χ0v) is 8.73. The van der Waals surface area contributed by atoms with E-state index < -0.39 is 0 Å². The van der Waals surface area contributed by atoms with Gasteiger partial charge in [0.1, 0.15) is 0 Å². The van der Waals surface area contributed by atoms with Gasteiger partial charge in [0.2, 0.25) is 5.91 Å². The first-order chi connectivity index (χ1) is 6.24. The van der Waals surface area contributed by atoms with Gasteiger partial charge in [-0.2, -0.15) is 0 Å². The number of thioether (sulfide) groups is 1. The molecule has 3 nitrogen and oxygen atoms in total. The van der Waals surface area contributed by atoms with Gasteiger partial charge in [0.25, 0.3) is 0 Å². The maximum Gasteiger partial charge on any atom is 0.233 e. The van der Waals surface area contributed by atoms with Crippen molar-refractivity contribution < 1.29 is 9.59 Å². The molecule has 0 atom stereocenters. The molecule has 1 fully saturated rings. The van der Waals surface area contributed by atoms with Crippen molar-refractivity contribution in [3.05, 3.63) is 0 Å². The Balaban J connectivity index is 2.20. The summed E-state index contributed by atoms with van der Waals surface area (Å²) >= 11 is 1.14. The highest BCUT2D eigenvalue weighted by Crippen LogP contribution is 2.11. The van der Waals surface area contributed by atoms with Crippen LogP contribution < -0.4 is 0 Å². The second-order valence-electron chi connectivity index (χ2n) is 3.10. The highest BCUT2D eigenvalue weighted by molar-refractivity contribution is 8.14. The average molecular weight is 201 g/mol. The van der Waals surface area contributed by atoms with Gasteiger partial charge < -0.3 is 4.90 Å². The average Bonchev–Trinajstić information content (AvgIpc) is 2.66. The molecule has 0 spiro atoms. The van der Waals surface area contributed by atoms with E-state index in [9.17, 15) is 9.59 Å². The smallest absolute Gasteiger partial charge is 0.233 e. The molecule has 0 aromatic heterocycles. The van der Waals surface area contributed by atoms with E-state index in [0.717, 1.165) is 37.7 Å². The molecule has 1 amide bonds. The summed E-state index contributed by atoms with van der Waals surface area (Å²) in [5.41, 5.74) is 0. The number of hydrogen-bond acceptors (Lipinski definition) is 3. The zero-order valence-electron chi connectivity index (χ0n) is 7.91. The fourth-order valence-electron chi connectivity index (χ4n) is 1.30. The highest BCUT2D eigenvalue weighted by atomic mass is 32.2. The molecule has 1 heterocycles. The largest absolute Gasteiger partial charge is 0.342 e. The number of carbonyl (C=O) groups excluding carboxylic acids is 2. The molecule has 0 N–H and O–H groups in total. The van der Waals surface area contributed by atoms with E-state index in [1.165, 1.54) is 0 Å². The molecule has 0 unspecified atom stereocenters. The monoisotopic (exact) mass is 201 g/mol. The van der Waals surface area contributed by atoms with Crippen LogP contribution in [0, 0.1) is 0 Å². The third kappa shape index (κ3) is 3.38. The van der Waals surface area contributed by atoms with E-state index in [2.05, 4.69) is 0 Å². The van der Waals surface area contributed by atoms with Gasteiger partial charge >= 0.3 is 0 Å². The van der Waals surface area contributed by atoms with Crippen molar-refractivity contribution in [2.45, 2.75) is 26.2 Å². The van der Waals surface area contributed by atoms with Gasteiger partial charge in [-0.1, -0.05) is 18.7 Å². The predicted octanol–water partition coefficient (Wildman–Crippen LogP) is 1.28. The van der Waals surface area contributed by atoms with Crippen LogP contribution in [-0.2, 0) is 9.59 Å². The van der Waals surface area contributed by atoms with Crippen LogP contribution in [0.5, 0.6) is 0 Å². The van der Waals surface area contributed by atoms with E-state index >= 15 is 0 Å². The van der Waals surface area contributed by atoms with Crippen molar-refractivity contribution >= 4 is 22.8 Å². The van der Waals surface area contributed by atoms with Gasteiger partial charge in [0.15, 0.2) is 5.12 Å². The molecule has 0 radical (unpaired) electrons. The van der Waals surface area contributed by atoms with Gasteiger partial charge in [-0.05, 0) is 12.8 Å². The summed E-state index contributed by atoms with van der Waals surface area (Å²) in [4.78, 5) is 24.2. The van der Waals surface area contributed by atoms with Gasteiger partial charge in [-0.25, -0.2) is 0 Å². The van der Waals surface area contributed by atoms with Crippen LogP contribution in [0.25, 0.3) is 0 Å². The Morgan fingerprint density at radius 1 is 1.31 bits per heavy atom. The minimum atomic E-state index is 0.104. The first-order valence-corrected chi connectivity index (χ1v) is 5.66. The van der Waals surface area contributed by atoms with E-state index in [1.807, 2.05) is 11.8 Å². The quantitative estimate of drug-likeness (QED) is 0.690. The van der Waals surface area contributed by atoms with Crippen LogP contribution in [0.1, 0.15) is 26.2 Å². The van der Waals surface area contributed by atoms with Crippen LogP contribution in [0.2, 0.25) is 0 Å². The van der Waals surface area contributed by atoms with Crippen LogP contribution in [0.4, 0.5) is 0 Å². The molecular formula is C9H15NO2S. The molecule has 4 heteroatoms. The minimum absolute atomic E-state index is 0.104. The van der Waals surface area contributed by atoms with Crippen molar-refractivity contribution in [2.75, 3.05) is 18.8 Å². The first kappa shape index (κ1) is 10.6. The van der Waals surface area contributed by atoms with Crippen LogP contribution >= 0.6 is 11.8 Å². The van der Waals surface area contributed by atoms with E-state index in [-0.39, 0.29) is 11.0 Å². The van der Waals surface area contributed by atoms with Crippen molar-refractivity contribution in [2.24, 2.45) is 0 Å². The number of likely N-dealkylation sites (tertiary alicyclic amines) is 1. The first-order valence-electron chi connectivity index (χ1n) is 4.67. The summed E-state index contributed by atoms with van der Waals surface area (Å²) in [5, 5.41) is 0.104. The fraction of sp³-hybridized carbons (Fsp3) is 0.778. The summed E-state index contributed by atoms with van der Waals surface area (Å²) in [7, 11) is 0. The molecule has 0 aliphatic carbocycles. The topological polar surface area (TPSA) is 37.4 Å². The molecular weight excluding hydrogens is 186 g/mol. The molecule has 0 aromatic carbocycles. The number of amides is 1.